The second-order valence-corrected chi connectivity index (χ2v) is 5.36. The lowest BCUT2D eigenvalue weighted by atomic mass is 10.3. The van der Waals surface area contributed by atoms with Crippen molar-refractivity contribution in [3.05, 3.63) is 21.9 Å². The molecule has 0 saturated carbocycles. The van der Waals surface area contributed by atoms with Gasteiger partial charge in [-0.15, -0.1) is 11.3 Å². The molecular weight excluding hydrogens is 204 g/mol. The summed E-state index contributed by atoms with van der Waals surface area (Å²) in [6.07, 6.45) is 2.50. The van der Waals surface area contributed by atoms with Crippen LogP contribution in [0.5, 0.6) is 0 Å². The van der Waals surface area contributed by atoms with Gasteiger partial charge >= 0.3 is 0 Å². The van der Waals surface area contributed by atoms with Crippen molar-refractivity contribution in [3.8, 4) is 0 Å². The van der Waals surface area contributed by atoms with Crippen LogP contribution < -0.4 is 0 Å². The van der Waals surface area contributed by atoms with Crippen molar-refractivity contribution in [1.82, 2.24) is 0 Å². The Bertz CT molecular complexity index is 328. The van der Waals surface area contributed by atoms with E-state index in [4.69, 9.17) is 0 Å². The normalized spacial score (nSPS) is 12.8. The summed E-state index contributed by atoms with van der Waals surface area (Å²) in [6.45, 7) is 2.05. The number of aryl methyl sites for hydroxylation is 1. The molecule has 0 fully saturated rings. The highest BCUT2D eigenvalue weighted by Crippen LogP contribution is 2.17. The molecule has 0 aliphatic rings. The van der Waals surface area contributed by atoms with Crippen molar-refractivity contribution >= 4 is 27.9 Å². The first-order chi connectivity index (χ1) is 6.13. The van der Waals surface area contributed by atoms with Gasteiger partial charge in [-0.1, -0.05) is 6.92 Å². The Morgan fingerprint density at radius 1 is 1.54 bits per heavy atom. The summed E-state index contributed by atoms with van der Waals surface area (Å²) in [4.78, 5) is 13.3. The average Bonchev–Trinajstić information content (AvgIpc) is 2.50. The lowest BCUT2D eigenvalue weighted by Crippen LogP contribution is -2.07. The van der Waals surface area contributed by atoms with Crippen molar-refractivity contribution in [2.75, 3.05) is 12.0 Å². The minimum Gasteiger partial charge on any atom is -0.292 e. The predicted molar refractivity (Wildman–Crippen MR) is 57.0 cm³/mol. The highest BCUT2D eigenvalue weighted by atomic mass is 32.2. The molecule has 13 heavy (non-hydrogen) atoms. The average molecular weight is 216 g/mol. The van der Waals surface area contributed by atoms with Gasteiger partial charge in [0.2, 0.25) is 0 Å². The molecule has 1 unspecified atom stereocenters. The SMILES string of the molecule is CCc1ccc(C(=O)CS(C)=O)s1. The number of Topliss-reactive ketones (excluding diaryl/α,β-unsaturated/α-hetero) is 1. The Morgan fingerprint density at radius 3 is 2.69 bits per heavy atom. The van der Waals surface area contributed by atoms with Crippen LogP contribution in [0.25, 0.3) is 0 Å². The first-order valence-electron chi connectivity index (χ1n) is 4.05. The van der Waals surface area contributed by atoms with Gasteiger partial charge in [0.1, 0.15) is 0 Å². The van der Waals surface area contributed by atoms with Gasteiger partial charge in [0.25, 0.3) is 0 Å². The van der Waals surface area contributed by atoms with Crippen LogP contribution in [-0.4, -0.2) is 22.0 Å². The standard InChI is InChI=1S/C9H12O2S2/c1-3-7-4-5-9(12-7)8(10)6-13(2)11/h4-5H,3,6H2,1-2H3. The fourth-order valence-corrected chi connectivity index (χ4v) is 2.47. The molecule has 0 N–H and O–H groups in total. The topological polar surface area (TPSA) is 34.1 Å². The first-order valence-corrected chi connectivity index (χ1v) is 6.59. The molecular formula is C9H12O2S2. The summed E-state index contributed by atoms with van der Waals surface area (Å²) in [5.41, 5.74) is 0. The monoisotopic (exact) mass is 216 g/mol. The summed E-state index contributed by atoms with van der Waals surface area (Å²) in [6, 6.07) is 3.77. The fourth-order valence-electron chi connectivity index (χ4n) is 0.974. The number of hydrogen-bond donors (Lipinski definition) is 0. The van der Waals surface area contributed by atoms with Crippen LogP contribution in [0.4, 0.5) is 0 Å². The molecule has 0 radical (unpaired) electrons. The van der Waals surface area contributed by atoms with Gasteiger partial charge in [0.15, 0.2) is 5.78 Å². The predicted octanol–water partition coefficient (Wildman–Crippen LogP) is 1.87. The highest BCUT2D eigenvalue weighted by molar-refractivity contribution is 7.85. The summed E-state index contributed by atoms with van der Waals surface area (Å²) >= 11 is 1.50. The van der Waals surface area contributed by atoms with Crippen molar-refractivity contribution in [3.63, 3.8) is 0 Å². The molecule has 1 rings (SSSR count). The second kappa shape index (κ2) is 4.67. The molecule has 0 aliphatic carbocycles. The van der Waals surface area contributed by atoms with Gasteiger partial charge in [-0.05, 0) is 18.6 Å². The van der Waals surface area contributed by atoms with E-state index in [9.17, 15) is 9.00 Å². The third kappa shape index (κ3) is 3.04. The number of ketones is 1. The van der Waals surface area contributed by atoms with Gasteiger partial charge in [-0.3, -0.25) is 9.00 Å². The molecule has 0 amide bonds. The van der Waals surface area contributed by atoms with E-state index in [0.717, 1.165) is 11.3 Å². The molecule has 0 aromatic carbocycles. The Morgan fingerprint density at radius 2 is 2.23 bits per heavy atom. The second-order valence-electron chi connectivity index (χ2n) is 2.76. The van der Waals surface area contributed by atoms with Crippen LogP contribution in [0.2, 0.25) is 0 Å². The molecule has 1 aromatic rings. The van der Waals surface area contributed by atoms with Crippen LogP contribution in [0, 0.1) is 0 Å². The maximum atomic E-state index is 11.4. The quantitative estimate of drug-likeness (QED) is 0.720. The fraction of sp³-hybridized carbons (Fsp3) is 0.444. The maximum Gasteiger partial charge on any atom is 0.185 e. The molecule has 1 heterocycles. The summed E-state index contributed by atoms with van der Waals surface area (Å²) in [5, 5.41) is 0. The van der Waals surface area contributed by atoms with E-state index < -0.39 is 10.8 Å². The first kappa shape index (κ1) is 10.6. The molecule has 1 aromatic heterocycles. The van der Waals surface area contributed by atoms with E-state index in [2.05, 4.69) is 6.92 Å². The lowest BCUT2D eigenvalue weighted by molar-refractivity contribution is 0.102. The van der Waals surface area contributed by atoms with Gasteiger partial charge < -0.3 is 0 Å². The largest absolute Gasteiger partial charge is 0.292 e. The Balaban J connectivity index is 2.71. The van der Waals surface area contributed by atoms with Gasteiger partial charge in [-0.2, -0.15) is 0 Å². The minimum absolute atomic E-state index is 0.00877. The number of carbonyl (C=O) groups excluding carboxylic acids is 1. The Kier molecular flexibility index (Phi) is 3.81. The van der Waals surface area contributed by atoms with Gasteiger partial charge in [0.05, 0.1) is 10.6 Å². The Hall–Kier alpha value is -0.480. The summed E-state index contributed by atoms with van der Waals surface area (Å²) in [5.74, 6) is 0.134. The molecule has 72 valence electrons. The zero-order chi connectivity index (χ0) is 9.84. The molecule has 2 nitrogen and oxygen atoms in total. The summed E-state index contributed by atoms with van der Waals surface area (Å²) < 4.78 is 10.8. The van der Waals surface area contributed by atoms with Crippen LogP contribution >= 0.6 is 11.3 Å². The number of hydrogen-bond acceptors (Lipinski definition) is 3. The molecule has 0 aliphatic heterocycles. The zero-order valence-electron chi connectivity index (χ0n) is 7.70. The van der Waals surface area contributed by atoms with E-state index in [1.165, 1.54) is 16.2 Å². The van der Waals surface area contributed by atoms with Gasteiger partial charge in [-0.25, -0.2) is 0 Å². The molecule has 0 saturated heterocycles. The smallest absolute Gasteiger partial charge is 0.185 e. The minimum atomic E-state index is -1.03. The van der Waals surface area contributed by atoms with Gasteiger partial charge in [0, 0.05) is 21.9 Å². The number of carbonyl (C=O) groups is 1. The van der Waals surface area contributed by atoms with Crippen LogP contribution in [-0.2, 0) is 17.2 Å². The van der Waals surface area contributed by atoms with Crippen molar-refractivity contribution in [2.24, 2.45) is 0 Å². The van der Waals surface area contributed by atoms with E-state index in [-0.39, 0.29) is 11.5 Å². The third-order valence-corrected chi connectivity index (χ3v) is 3.56. The van der Waals surface area contributed by atoms with E-state index in [0.29, 0.717) is 0 Å². The maximum absolute atomic E-state index is 11.4. The highest BCUT2D eigenvalue weighted by Gasteiger charge is 2.09. The van der Waals surface area contributed by atoms with E-state index in [1.807, 2.05) is 12.1 Å². The van der Waals surface area contributed by atoms with Crippen LogP contribution in [0.1, 0.15) is 21.5 Å². The zero-order valence-corrected chi connectivity index (χ0v) is 9.33. The number of rotatable bonds is 4. The van der Waals surface area contributed by atoms with Crippen molar-refractivity contribution in [2.45, 2.75) is 13.3 Å². The molecule has 4 heteroatoms. The van der Waals surface area contributed by atoms with Crippen molar-refractivity contribution in [1.29, 1.82) is 0 Å². The van der Waals surface area contributed by atoms with Crippen molar-refractivity contribution < 1.29 is 9.00 Å². The Labute approximate surface area is 84.4 Å². The molecule has 0 spiro atoms. The molecule has 1 atom stereocenters. The number of thiophene rings is 1. The van der Waals surface area contributed by atoms with Crippen LogP contribution in [0.15, 0.2) is 12.1 Å². The van der Waals surface area contributed by atoms with E-state index >= 15 is 0 Å². The van der Waals surface area contributed by atoms with Crippen LogP contribution in [0.3, 0.4) is 0 Å². The lowest BCUT2D eigenvalue weighted by Gasteiger charge is -1.92. The van der Waals surface area contributed by atoms with E-state index in [1.54, 1.807) is 6.26 Å². The third-order valence-electron chi connectivity index (χ3n) is 1.62. The molecule has 0 bridgehead atoms. The summed E-state index contributed by atoms with van der Waals surface area (Å²) in [7, 11) is -1.03.